The summed E-state index contributed by atoms with van der Waals surface area (Å²) in [5, 5.41) is 0. The molecule has 3 nitrogen and oxygen atoms in total. The van der Waals surface area contributed by atoms with Crippen LogP contribution < -0.4 is 4.74 Å². The van der Waals surface area contributed by atoms with Crippen molar-refractivity contribution in [1.82, 2.24) is 4.98 Å². The summed E-state index contributed by atoms with van der Waals surface area (Å²) in [7, 11) is 0. The maximum atomic E-state index is 11.6. The van der Waals surface area contributed by atoms with E-state index in [-0.39, 0.29) is 38.5 Å². The van der Waals surface area contributed by atoms with Gasteiger partial charge < -0.3 is 4.74 Å². The molecule has 112 heavy (non-hydrogen) atoms. The Kier molecular flexibility index (Phi) is 74.5. The summed E-state index contributed by atoms with van der Waals surface area (Å²) in [6.45, 7) is 101. The van der Waals surface area contributed by atoms with Gasteiger partial charge in [0.1, 0.15) is 11.5 Å². The van der Waals surface area contributed by atoms with E-state index in [1.165, 1.54) is 107 Å². The first kappa shape index (κ1) is 129. The van der Waals surface area contributed by atoms with Crippen molar-refractivity contribution < 1.29 is 9.53 Å². The summed E-state index contributed by atoms with van der Waals surface area (Å²) in [5.41, 5.74) is 9.26. The lowest BCUT2D eigenvalue weighted by Crippen LogP contribution is -2.20. The SMILES string of the molecule is C.C.C.CC(C)(C)C.CC(C)(C)C#CCC(C)(C)C.CC(C)(C)CC1CCCCC1.CC(C)(C)CCCC(=O)C(C)(C)C.CC(C)(C)CCc1ccccc1.CC(C)(C)Cc1ccccc1.CCC(C)(C)C.CCC(C)(C)C.CCCC(C)(C)C.CCCC(C)(C)C.CCCOc1ccc(C(C)(C)C)cc1.c1ccncc1. The fourth-order valence-corrected chi connectivity index (χ4v) is 9.44. The minimum Gasteiger partial charge on any atom is -0.494 e. The monoisotopic (exact) mass is 1560 g/mol. The third-order valence-electron chi connectivity index (χ3n) is 16.3. The van der Waals surface area contributed by atoms with Crippen LogP contribution >= 0.6 is 0 Å². The molecule has 1 aliphatic rings. The topological polar surface area (TPSA) is 39.2 Å². The number of nitrogens with zero attached hydrogens (tertiary/aromatic N) is 1. The molecule has 0 amide bonds. The third kappa shape index (κ3) is 124. The number of aryl methyl sites for hydroxylation is 1. The molecular formula is C109H209NO2. The van der Waals surface area contributed by atoms with Crippen LogP contribution in [0.4, 0.5) is 0 Å². The largest absolute Gasteiger partial charge is 0.494 e. The molecule has 0 spiro atoms. The van der Waals surface area contributed by atoms with E-state index < -0.39 is 0 Å². The predicted molar refractivity (Wildman–Crippen MR) is 522 cm³/mol. The Labute approximate surface area is 711 Å². The Balaban J connectivity index is -0.000000128. The highest BCUT2D eigenvalue weighted by Crippen LogP contribution is 2.34. The van der Waals surface area contributed by atoms with Crippen molar-refractivity contribution >= 4 is 5.78 Å². The number of benzene rings is 3. The lowest BCUT2D eigenvalue weighted by atomic mass is 9.78. The van der Waals surface area contributed by atoms with Crippen molar-refractivity contribution in [2.24, 2.45) is 70.9 Å². The molecule has 662 valence electrons. The summed E-state index contributed by atoms with van der Waals surface area (Å²) >= 11 is 0. The van der Waals surface area contributed by atoms with Crippen LogP contribution in [0.5, 0.6) is 5.75 Å². The van der Waals surface area contributed by atoms with Crippen molar-refractivity contribution in [3.8, 4) is 17.6 Å². The van der Waals surface area contributed by atoms with Crippen LogP contribution in [0, 0.1) is 82.7 Å². The minimum absolute atomic E-state index is 0. The lowest BCUT2D eigenvalue weighted by Gasteiger charge is -2.28. The maximum Gasteiger partial charge on any atom is 0.138 e. The molecule has 1 aromatic heterocycles. The number of hydrogen-bond acceptors (Lipinski definition) is 3. The molecule has 4 aromatic rings. The van der Waals surface area contributed by atoms with Gasteiger partial charge in [-0.2, -0.15) is 0 Å². The van der Waals surface area contributed by atoms with Crippen molar-refractivity contribution in [3.63, 3.8) is 0 Å². The van der Waals surface area contributed by atoms with Crippen molar-refractivity contribution in [2.75, 3.05) is 6.61 Å². The average Bonchev–Trinajstić information content (AvgIpc) is 0.864. The van der Waals surface area contributed by atoms with Gasteiger partial charge in [0.25, 0.3) is 0 Å². The van der Waals surface area contributed by atoms with Crippen LogP contribution in [-0.2, 0) is 23.1 Å². The summed E-state index contributed by atoms with van der Waals surface area (Å²) < 4.78 is 5.52. The van der Waals surface area contributed by atoms with E-state index in [1.807, 2.05) is 39.0 Å². The smallest absolute Gasteiger partial charge is 0.138 e. The molecule has 0 aliphatic heterocycles. The van der Waals surface area contributed by atoms with Crippen LogP contribution in [0.25, 0.3) is 0 Å². The van der Waals surface area contributed by atoms with E-state index >= 15 is 0 Å². The van der Waals surface area contributed by atoms with Gasteiger partial charge in [0.05, 0.1) is 6.61 Å². The van der Waals surface area contributed by atoms with E-state index in [9.17, 15) is 4.79 Å². The van der Waals surface area contributed by atoms with Crippen LogP contribution in [-0.4, -0.2) is 17.4 Å². The van der Waals surface area contributed by atoms with Gasteiger partial charge >= 0.3 is 0 Å². The highest BCUT2D eigenvalue weighted by Gasteiger charge is 2.23. The molecule has 0 N–H and O–H groups in total. The van der Waals surface area contributed by atoms with Gasteiger partial charge in [-0.3, -0.25) is 9.78 Å². The molecule has 0 unspecified atom stereocenters. The van der Waals surface area contributed by atoms with Crippen LogP contribution in [0.15, 0.2) is 116 Å². The highest BCUT2D eigenvalue weighted by molar-refractivity contribution is 5.83. The number of carbonyl (C=O) groups is 1. The fourth-order valence-electron chi connectivity index (χ4n) is 9.44. The minimum atomic E-state index is -0.155. The Morgan fingerprint density at radius 2 is 0.759 bits per heavy atom. The van der Waals surface area contributed by atoms with Gasteiger partial charge in [0, 0.05) is 36.1 Å². The Hall–Kier alpha value is -4.16. The fraction of sp³-hybridized carbons (Fsp3) is 0.761. The van der Waals surface area contributed by atoms with Crippen LogP contribution in [0.1, 0.15) is 466 Å². The molecule has 0 bridgehead atoms. The number of hydrogen-bond donors (Lipinski definition) is 0. The Bertz CT molecular complexity index is 2630. The van der Waals surface area contributed by atoms with Gasteiger partial charge in [0.15, 0.2) is 0 Å². The molecule has 5 rings (SSSR count). The molecule has 3 aromatic carbocycles. The molecule has 3 heteroatoms. The van der Waals surface area contributed by atoms with Crippen molar-refractivity contribution in [3.05, 3.63) is 132 Å². The first-order valence-electron chi connectivity index (χ1n) is 43.5. The van der Waals surface area contributed by atoms with Crippen LogP contribution in [0.3, 0.4) is 0 Å². The standard InChI is InChI=1S/C13H20O.C12H24O.C12H18.C11H22.C11H16.C11H20.2C7H16.2C6H14.C5H5N.C5H12.3CH4/c1-5-10-14-12-8-6-11(7-9-12)13(2,3)4;1-11(2,3)9-7-8-10(13)12(4,5)6;1-12(2,3)10-9-11-7-5-4-6-8-11;2*1-11(2,3)9-10-7-5-4-6-8-10;1-10(2,3)8-7-9-11(4,5)6;2*1-5-6-7(2,3)4;2*1-5-6(2,3)4;1-2-4-6-5-3-1;1-5(2,3)4;;;/h6-9H,5,10H2,1-4H3;7-9H2,1-6H3;4-8H,9-10H2,1-3H3;10H,4-9H2,1-3H3;4-8H,9H2,1-3H3;8H2,1-6H3;2*5-6H2,1-4H3;2*5H2,1-4H3;1-5H;1-4H3;3*1H4. The second kappa shape index (κ2) is 64.9. The van der Waals surface area contributed by atoms with Gasteiger partial charge in [-0.1, -0.05) is 456 Å². The second-order valence-corrected chi connectivity index (χ2v) is 46.5. The van der Waals surface area contributed by atoms with Gasteiger partial charge in [-0.25, -0.2) is 0 Å². The maximum absolute atomic E-state index is 11.6. The molecule has 1 fully saturated rings. The summed E-state index contributed by atoms with van der Waals surface area (Å²) in [5.74, 6) is 8.85. The number of Topliss-reactive ketones (excluding diaryl/α,β-unsaturated/α-hetero) is 1. The van der Waals surface area contributed by atoms with Crippen LogP contribution in [0.2, 0.25) is 0 Å². The van der Waals surface area contributed by atoms with Crippen molar-refractivity contribution in [2.45, 2.75) is 468 Å². The number of rotatable bonds is 12. The van der Waals surface area contributed by atoms with Gasteiger partial charge in [-0.05, 0) is 185 Å². The normalized spacial score (nSPS) is 12.4. The van der Waals surface area contributed by atoms with Crippen molar-refractivity contribution in [1.29, 1.82) is 0 Å². The quantitative estimate of drug-likeness (QED) is 0.133. The number of pyridine rings is 1. The van der Waals surface area contributed by atoms with E-state index in [1.54, 1.807) is 12.4 Å². The lowest BCUT2D eigenvalue weighted by molar-refractivity contribution is -0.126. The predicted octanol–water partition coefficient (Wildman–Crippen LogP) is 37.6. The highest BCUT2D eigenvalue weighted by atomic mass is 16.5. The summed E-state index contributed by atoms with van der Waals surface area (Å²) in [4.78, 5) is 15.3. The zero-order valence-electron chi connectivity index (χ0n) is 82.7. The first-order valence-corrected chi connectivity index (χ1v) is 43.5. The third-order valence-corrected chi connectivity index (χ3v) is 16.3. The number of ketones is 1. The van der Waals surface area contributed by atoms with E-state index in [2.05, 4.69) is 393 Å². The molecule has 1 heterocycles. The molecule has 0 saturated heterocycles. The van der Waals surface area contributed by atoms with E-state index in [0.29, 0.717) is 59.9 Å². The van der Waals surface area contributed by atoms with Gasteiger partial charge in [-0.15, -0.1) is 5.92 Å². The molecule has 0 atom stereocenters. The number of aromatic nitrogens is 1. The summed E-state index contributed by atoms with van der Waals surface area (Å²) in [6, 6.07) is 35.4. The summed E-state index contributed by atoms with van der Waals surface area (Å²) in [6.07, 6.45) is 28.8. The average molecular weight is 1570 g/mol. The first-order chi connectivity index (χ1) is 48.8. The Morgan fingerprint density at radius 3 is 1.01 bits per heavy atom. The zero-order chi connectivity index (χ0) is 87.1. The molecule has 1 aliphatic carbocycles. The number of ether oxygens (including phenoxy) is 1. The Morgan fingerprint density at radius 1 is 0.402 bits per heavy atom. The second-order valence-electron chi connectivity index (χ2n) is 46.5. The van der Waals surface area contributed by atoms with E-state index in [4.69, 9.17) is 4.74 Å². The molecule has 1 saturated carbocycles. The zero-order valence-corrected chi connectivity index (χ0v) is 82.7. The van der Waals surface area contributed by atoms with E-state index in [0.717, 1.165) is 56.8 Å². The molecule has 0 radical (unpaired) electrons. The van der Waals surface area contributed by atoms with Gasteiger partial charge in [0.2, 0.25) is 0 Å². The number of carbonyl (C=O) groups excluding carboxylic acids is 1. The molecular weight excluding hydrogens is 1360 g/mol.